The third kappa shape index (κ3) is 4.11. The van der Waals surface area contributed by atoms with Crippen LogP contribution in [-0.4, -0.2) is 22.8 Å². The fourth-order valence-corrected chi connectivity index (χ4v) is 1.83. The van der Waals surface area contributed by atoms with Crippen molar-refractivity contribution in [3.63, 3.8) is 0 Å². The minimum Gasteiger partial charge on any atom is -0.349 e. The molecule has 1 aliphatic heterocycles. The van der Waals surface area contributed by atoms with Gasteiger partial charge in [0.1, 0.15) is 0 Å². The molecule has 0 aromatic carbocycles. The molecule has 1 heterocycles. The third-order valence-corrected chi connectivity index (χ3v) is 2.67. The molecule has 2 atom stereocenters. The lowest BCUT2D eigenvalue weighted by Gasteiger charge is -2.26. The molecule has 1 aliphatic rings. The van der Waals surface area contributed by atoms with E-state index in [9.17, 15) is 0 Å². The third-order valence-electron chi connectivity index (χ3n) is 2.13. The smallest absolute Gasteiger partial charge is 0.240 e. The summed E-state index contributed by atoms with van der Waals surface area (Å²) < 4.78 is 9.43. The van der Waals surface area contributed by atoms with E-state index in [4.69, 9.17) is 44.3 Å². The Morgan fingerprint density at radius 1 is 1.36 bits per heavy atom. The highest BCUT2D eigenvalue weighted by Crippen LogP contribution is 2.35. The van der Waals surface area contributed by atoms with Gasteiger partial charge in [0.15, 0.2) is 0 Å². The fourth-order valence-electron chi connectivity index (χ4n) is 1.49. The molecule has 1 fully saturated rings. The van der Waals surface area contributed by atoms with E-state index in [-0.39, 0.29) is 6.10 Å². The summed E-state index contributed by atoms with van der Waals surface area (Å²) in [6, 6.07) is 0. The van der Waals surface area contributed by atoms with Crippen molar-refractivity contribution in [3.05, 3.63) is 0 Å². The average molecular weight is 262 g/mol. The molecule has 0 aromatic rings. The summed E-state index contributed by atoms with van der Waals surface area (Å²) in [6.45, 7) is 2.71. The van der Waals surface area contributed by atoms with Crippen LogP contribution in [0.25, 0.3) is 0 Å². The van der Waals surface area contributed by atoms with Crippen LogP contribution < -0.4 is 0 Å². The molecule has 84 valence electrons. The van der Waals surface area contributed by atoms with Crippen LogP contribution in [0.2, 0.25) is 0 Å². The van der Waals surface area contributed by atoms with Crippen LogP contribution in [0.3, 0.4) is 0 Å². The van der Waals surface area contributed by atoms with Crippen molar-refractivity contribution >= 4 is 34.8 Å². The van der Waals surface area contributed by atoms with Gasteiger partial charge in [-0.2, -0.15) is 0 Å². The molecule has 0 bridgehead atoms. The summed E-state index contributed by atoms with van der Waals surface area (Å²) in [4.78, 5) is 0. The molecular formula is C9H15Cl3O2. The van der Waals surface area contributed by atoms with Crippen molar-refractivity contribution in [2.75, 3.05) is 6.61 Å². The predicted molar refractivity (Wildman–Crippen MR) is 59.0 cm³/mol. The van der Waals surface area contributed by atoms with Gasteiger partial charge in [0, 0.05) is 0 Å². The summed E-state index contributed by atoms with van der Waals surface area (Å²) in [5.74, 6) is 0. The molecular weight excluding hydrogens is 246 g/mol. The van der Waals surface area contributed by atoms with Crippen LogP contribution in [-0.2, 0) is 9.47 Å². The van der Waals surface area contributed by atoms with E-state index in [0.29, 0.717) is 6.61 Å². The van der Waals surface area contributed by atoms with Gasteiger partial charge in [-0.15, -0.1) is 0 Å². The monoisotopic (exact) mass is 260 g/mol. The minimum atomic E-state index is -1.49. The Bertz CT molecular complexity index is 170. The molecule has 0 saturated carbocycles. The van der Waals surface area contributed by atoms with Gasteiger partial charge in [-0.25, -0.2) is 0 Å². The number of alkyl halides is 3. The van der Waals surface area contributed by atoms with Gasteiger partial charge in [0.2, 0.25) is 10.1 Å². The second-order valence-electron chi connectivity index (χ2n) is 3.43. The van der Waals surface area contributed by atoms with Gasteiger partial charge in [-0.1, -0.05) is 48.1 Å². The number of rotatable bonds is 2. The first-order chi connectivity index (χ1) is 6.54. The highest BCUT2D eigenvalue weighted by molar-refractivity contribution is 6.67. The summed E-state index contributed by atoms with van der Waals surface area (Å²) in [6.07, 6.45) is 3.42. The molecule has 1 rings (SSSR count). The van der Waals surface area contributed by atoms with Crippen molar-refractivity contribution in [1.82, 2.24) is 0 Å². The number of hydrogen-bond donors (Lipinski definition) is 0. The zero-order valence-electron chi connectivity index (χ0n) is 8.14. The highest BCUT2D eigenvalue weighted by atomic mass is 35.6. The van der Waals surface area contributed by atoms with Crippen molar-refractivity contribution in [2.45, 2.75) is 48.8 Å². The van der Waals surface area contributed by atoms with Crippen LogP contribution in [0.15, 0.2) is 0 Å². The Balaban J connectivity index is 2.51. The predicted octanol–water partition coefficient (Wildman–Crippen LogP) is 3.68. The molecule has 0 aliphatic carbocycles. The summed E-state index contributed by atoms with van der Waals surface area (Å²) >= 11 is 17.2. The van der Waals surface area contributed by atoms with Gasteiger partial charge in [-0.05, 0) is 19.3 Å². The Morgan fingerprint density at radius 3 is 2.64 bits per heavy atom. The highest BCUT2D eigenvalue weighted by Gasteiger charge is 2.37. The molecule has 0 N–H and O–H groups in total. The minimum absolute atomic E-state index is 0.156. The van der Waals surface area contributed by atoms with E-state index in [2.05, 4.69) is 6.92 Å². The Kier molecular flexibility index (Phi) is 5.29. The lowest BCUT2D eigenvalue weighted by Crippen LogP contribution is -2.33. The molecule has 0 amide bonds. The molecule has 2 unspecified atom stereocenters. The second-order valence-corrected chi connectivity index (χ2v) is 5.80. The van der Waals surface area contributed by atoms with Crippen LogP contribution in [0.4, 0.5) is 0 Å². The molecule has 5 heteroatoms. The molecule has 1 saturated heterocycles. The first kappa shape index (κ1) is 12.9. The fraction of sp³-hybridized carbons (Fsp3) is 1.00. The first-order valence-electron chi connectivity index (χ1n) is 4.88. The Labute approximate surface area is 99.8 Å². The van der Waals surface area contributed by atoms with Crippen LogP contribution in [0, 0.1) is 0 Å². The van der Waals surface area contributed by atoms with E-state index >= 15 is 0 Å². The SMILES string of the molecule is CCCC1CCCOC(C(Cl)(Cl)Cl)O1. The van der Waals surface area contributed by atoms with Crippen molar-refractivity contribution in [3.8, 4) is 0 Å². The van der Waals surface area contributed by atoms with Crippen LogP contribution >= 0.6 is 34.8 Å². The zero-order valence-corrected chi connectivity index (χ0v) is 10.4. The van der Waals surface area contributed by atoms with Gasteiger partial charge < -0.3 is 9.47 Å². The maximum absolute atomic E-state index is 5.73. The molecule has 0 radical (unpaired) electrons. The van der Waals surface area contributed by atoms with Crippen LogP contribution in [0.1, 0.15) is 32.6 Å². The Hall–Kier alpha value is 0.790. The van der Waals surface area contributed by atoms with Gasteiger partial charge in [0.25, 0.3) is 0 Å². The molecule has 2 nitrogen and oxygen atoms in total. The van der Waals surface area contributed by atoms with Gasteiger partial charge in [0.05, 0.1) is 12.7 Å². The summed E-state index contributed by atoms with van der Waals surface area (Å²) in [5.41, 5.74) is 0. The van der Waals surface area contributed by atoms with E-state index in [1.54, 1.807) is 0 Å². The number of halogens is 3. The van der Waals surface area contributed by atoms with Gasteiger partial charge in [-0.3, -0.25) is 0 Å². The molecule has 14 heavy (non-hydrogen) atoms. The Morgan fingerprint density at radius 2 is 2.07 bits per heavy atom. The maximum Gasteiger partial charge on any atom is 0.240 e. The topological polar surface area (TPSA) is 18.5 Å². The zero-order chi connectivity index (χ0) is 10.6. The molecule has 0 aromatic heterocycles. The number of ether oxygens (including phenoxy) is 2. The second kappa shape index (κ2) is 5.76. The lowest BCUT2D eigenvalue weighted by molar-refractivity contribution is -0.151. The van der Waals surface area contributed by atoms with E-state index in [0.717, 1.165) is 25.7 Å². The maximum atomic E-state index is 5.73. The normalized spacial score (nSPS) is 30.0. The lowest BCUT2D eigenvalue weighted by atomic mass is 10.1. The first-order valence-corrected chi connectivity index (χ1v) is 6.01. The molecule has 0 spiro atoms. The average Bonchev–Trinajstić information content (AvgIpc) is 2.29. The van der Waals surface area contributed by atoms with Crippen molar-refractivity contribution in [2.24, 2.45) is 0 Å². The van der Waals surface area contributed by atoms with E-state index in [1.165, 1.54) is 0 Å². The summed E-state index contributed by atoms with van der Waals surface area (Å²) in [5, 5.41) is 0. The largest absolute Gasteiger partial charge is 0.349 e. The van der Waals surface area contributed by atoms with Crippen molar-refractivity contribution in [1.29, 1.82) is 0 Å². The van der Waals surface area contributed by atoms with E-state index in [1.807, 2.05) is 0 Å². The quantitative estimate of drug-likeness (QED) is 0.706. The van der Waals surface area contributed by atoms with Crippen LogP contribution in [0.5, 0.6) is 0 Å². The van der Waals surface area contributed by atoms with E-state index < -0.39 is 10.1 Å². The van der Waals surface area contributed by atoms with Crippen molar-refractivity contribution < 1.29 is 9.47 Å². The standard InChI is InChI=1S/C9H15Cl3O2/c1-2-4-7-5-3-6-13-8(14-7)9(10,11)12/h7-8H,2-6H2,1H3. The van der Waals surface area contributed by atoms with Gasteiger partial charge >= 0.3 is 0 Å². The number of hydrogen-bond acceptors (Lipinski definition) is 2. The summed E-state index contributed by atoms with van der Waals surface area (Å²) in [7, 11) is 0.